The predicted octanol–water partition coefficient (Wildman–Crippen LogP) is 4.20. The Balaban J connectivity index is 3.16. The van der Waals surface area contributed by atoms with Crippen LogP contribution in [0.1, 0.15) is 65.7 Å². The molecule has 1 atom stereocenters. The molecule has 0 aliphatic carbocycles. The molecule has 0 amide bonds. The Bertz CT molecular complexity index is 377. The first-order valence-electron chi connectivity index (χ1n) is 6.75. The number of hydrogen-bond donors (Lipinski definition) is 1. The quantitative estimate of drug-likeness (QED) is 0.870. The molecule has 0 radical (unpaired) electrons. The lowest BCUT2D eigenvalue weighted by atomic mass is 9.84. The van der Waals surface area contributed by atoms with Gasteiger partial charge in [0, 0.05) is 6.04 Å². The van der Waals surface area contributed by atoms with Crippen LogP contribution in [0.25, 0.3) is 0 Å². The summed E-state index contributed by atoms with van der Waals surface area (Å²) in [5.74, 6) is 0. The molecular weight excluding hydrogens is 246 g/mol. The number of rotatable bonds is 5. The fourth-order valence-electron chi connectivity index (χ4n) is 2.13. The topological polar surface area (TPSA) is 29.9 Å². The van der Waals surface area contributed by atoms with E-state index in [1.807, 2.05) is 4.68 Å². The van der Waals surface area contributed by atoms with Crippen LogP contribution in [0.2, 0.25) is 5.02 Å². The van der Waals surface area contributed by atoms with E-state index in [1.165, 1.54) is 0 Å². The van der Waals surface area contributed by atoms with Gasteiger partial charge in [-0.05, 0) is 32.2 Å². The summed E-state index contributed by atoms with van der Waals surface area (Å²) >= 11 is 6.35. The second-order valence-corrected chi connectivity index (χ2v) is 6.58. The van der Waals surface area contributed by atoms with Crippen LogP contribution >= 0.6 is 11.6 Å². The smallest absolute Gasteiger partial charge is 0.0834 e. The number of aromatic nitrogens is 2. The summed E-state index contributed by atoms with van der Waals surface area (Å²) < 4.78 is 2.03. The van der Waals surface area contributed by atoms with Gasteiger partial charge in [0.15, 0.2) is 0 Å². The molecule has 104 valence electrons. The van der Waals surface area contributed by atoms with E-state index in [2.05, 4.69) is 52.0 Å². The number of halogens is 1. The van der Waals surface area contributed by atoms with Gasteiger partial charge in [0.05, 0.1) is 23.0 Å². The SMILES string of the molecule is CCCNC(c1c(Cl)cnn1C(C)C)C(C)(C)C. The van der Waals surface area contributed by atoms with Crippen LogP contribution in [0.3, 0.4) is 0 Å². The lowest BCUT2D eigenvalue weighted by Crippen LogP contribution is -2.35. The highest BCUT2D eigenvalue weighted by Gasteiger charge is 2.31. The summed E-state index contributed by atoms with van der Waals surface area (Å²) in [4.78, 5) is 0. The van der Waals surface area contributed by atoms with Gasteiger partial charge >= 0.3 is 0 Å². The molecule has 1 heterocycles. The van der Waals surface area contributed by atoms with E-state index in [0.717, 1.165) is 23.7 Å². The van der Waals surface area contributed by atoms with E-state index in [0.29, 0.717) is 6.04 Å². The molecule has 1 N–H and O–H groups in total. The Morgan fingerprint density at radius 2 is 2.00 bits per heavy atom. The van der Waals surface area contributed by atoms with E-state index in [1.54, 1.807) is 6.20 Å². The first kappa shape index (κ1) is 15.5. The van der Waals surface area contributed by atoms with E-state index in [-0.39, 0.29) is 11.5 Å². The summed E-state index contributed by atoms with van der Waals surface area (Å²) in [6.45, 7) is 14.1. The minimum atomic E-state index is 0.103. The van der Waals surface area contributed by atoms with Gasteiger partial charge in [-0.1, -0.05) is 39.3 Å². The molecule has 1 aromatic rings. The molecule has 3 nitrogen and oxygen atoms in total. The molecule has 0 fully saturated rings. The molecule has 0 bridgehead atoms. The van der Waals surface area contributed by atoms with Crippen molar-refractivity contribution in [3.05, 3.63) is 16.9 Å². The zero-order valence-electron chi connectivity index (χ0n) is 12.4. The summed E-state index contributed by atoms with van der Waals surface area (Å²) in [7, 11) is 0. The van der Waals surface area contributed by atoms with Gasteiger partial charge in [0.2, 0.25) is 0 Å². The lowest BCUT2D eigenvalue weighted by molar-refractivity contribution is 0.255. The average molecular weight is 272 g/mol. The van der Waals surface area contributed by atoms with Crippen LogP contribution in [0.5, 0.6) is 0 Å². The van der Waals surface area contributed by atoms with Crippen molar-refractivity contribution >= 4 is 11.6 Å². The molecule has 0 aliphatic heterocycles. The van der Waals surface area contributed by atoms with E-state index >= 15 is 0 Å². The molecule has 0 aromatic carbocycles. The lowest BCUT2D eigenvalue weighted by Gasteiger charge is -2.33. The highest BCUT2D eigenvalue weighted by atomic mass is 35.5. The van der Waals surface area contributed by atoms with Gasteiger partial charge in [-0.2, -0.15) is 5.10 Å². The summed E-state index contributed by atoms with van der Waals surface area (Å²) in [5, 5.41) is 8.76. The predicted molar refractivity (Wildman–Crippen MR) is 78.1 cm³/mol. The van der Waals surface area contributed by atoms with E-state index in [4.69, 9.17) is 11.6 Å². The van der Waals surface area contributed by atoms with Crippen LogP contribution in [-0.2, 0) is 0 Å². The van der Waals surface area contributed by atoms with Crippen LogP contribution in [0, 0.1) is 5.41 Å². The summed E-state index contributed by atoms with van der Waals surface area (Å²) in [5.41, 5.74) is 1.21. The molecule has 18 heavy (non-hydrogen) atoms. The minimum Gasteiger partial charge on any atom is -0.308 e. The summed E-state index contributed by atoms with van der Waals surface area (Å²) in [6.07, 6.45) is 2.86. The van der Waals surface area contributed by atoms with Gasteiger partial charge in [-0.15, -0.1) is 0 Å². The van der Waals surface area contributed by atoms with Crippen molar-refractivity contribution in [3.8, 4) is 0 Å². The van der Waals surface area contributed by atoms with Gasteiger partial charge in [-0.25, -0.2) is 0 Å². The van der Waals surface area contributed by atoms with Crippen molar-refractivity contribution in [2.45, 2.75) is 60.0 Å². The molecule has 1 unspecified atom stereocenters. The average Bonchev–Trinajstić information content (AvgIpc) is 2.59. The molecule has 0 aliphatic rings. The highest BCUT2D eigenvalue weighted by molar-refractivity contribution is 6.31. The Hall–Kier alpha value is -0.540. The third-order valence-corrected chi connectivity index (χ3v) is 3.31. The molecule has 1 aromatic heterocycles. The second kappa shape index (κ2) is 6.07. The fourth-order valence-corrected chi connectivity index (χ4v) is 2.37. The first-order chi connectivity index (χ1) is 8.29. The number of hydrogen-bond acceptors (Lipinski definition) is 2. The molecule has 0 spiro atoms. The van der Waals surface area contributed by atoms with Crippen molar-refractivity contribution in [1.29, 1.82) is 0 Å². The fraction of sp³-hybridized carbons (Fsp3) is 0.786. The highest BCUT2D eigenvalue weighted by Crippen LogP contribution is 2.37. The third kappa shape index (κ3) is 3.48. The molecule has 0 saturated heterocycles. The number of nitrogens with zero attached hydrogens (tertiary/aromatic N) is 2. The van der Waals surface area contributed by atoms with Crippen molar-refractivity contribution in [2.75, 3.05) is 6.54 Å². The van der Waals surface area contributed by atoms with Gasteiger partial charge in [0.1, 0.15) is 0 Å². The third-order valence-electron chi connectivity index (χ3n) is 3.01. The second-order valence-electron chi connectivity index (χ2n) is 6.17. The van der Waals surface area contributed by atoms with Gasteiger partial charge in [0.25, 0.3) is 0 Å². The van der Waals surface area contributed by atoms with E-state index in [9.17, 15) is 0 Å². The Kier molecular flexibility index (Phi) is 5.23. The van der Waals surface area contributed by atoms with E-state index < -0.39 is 0 Å². The molecule has 4 heteroatoms. The van der Waals surface area contributed by atoms with Crippen molar-refractivity contribution in [3.63, 3.8) is 0 Å². The molecular formula is C14H26ClN3. The summed E-state index contributed by atoms with van der Waals surface area (Å²) in [6, 6.07) is 0.538. The standard InChI is InChI=1S/C14H26ClN3/c1-7-8-16-13(14(4,5)6)12-11(15)9-17-18(12)10(2)3/h9-10,13,16H,7-8H2,1-6H3. The van der Waals surface area contributed by atoms with Crippen LogP contribution in [-0.4, -0.2) is 16.3 Å². The Morgan fingerprint density at radius 1 is 1.39 bits per heavy atom. The minimum absolute atomic E-state index is 0.103. The first-order valence-corrected chi connectivity index (χ1v) is 7.13. The van der Waals surface area contributed by atoms with Crippen LogP contribution in [0.15, 0.2) is 6.20 Å². The van der Waals surface area contributed by atoms with Gasteiger partial charge < -0.3 is 5.32 Å². The zero-order valence-corrected chi connectivity index (χ0v) is 13.2. The maximum atomic E-state index is 6.35. The maximum absolute atomic E-state index is 6.35. The van der Waals surface area contributed by atoms with Crippen LogP contribution < -0.4 is 5.32 Å². The van der Waals surface area contributed by atoms with Crippen molar-refractivity contribution in [1.82, 2.24) is 15.1 Å². The maximum Gasteiger partial charge on any atom is 0.0834 e. The molecule has 1 rings (SSSR count). The normalized spacial score (nSPS) is 14.2. The Labute approximate surface area is 116 Å². The zero-order chi connectivity index (χ0) is 13.9. The van der Waals surface area contributed by atoms with Gasteiger partial charge in [-0.3, -0.25) is 4.68 Å². The monoisotopic (exact) mass is 271 g/mol. The van der Waals surface area contributed by atoms with Crippen molar-refractivity contribution in [2.24, 2.45) is 5.41 Å². The van der Waals surface area contributed by atoms with Crippen molar-refractivity contribution < 1.29 is 0 Å². The van der Waals surface area contributed by atoms with Crippen LogP contribution in [0.4, 0.5) is 0 Å². The largest absolute Gasteiger partial charge is 0.308 e. The molecule has 0 saturated carbocycles. The number of nitrogens with one attached hydrogen (secondary N) is 1. The Morgan fingerprint density at radius 3 is 2.44 bits per heavy atom.